The molecule has 0 aliphatic rings. The molecule has 0 aromatic heterocycles. The van der Waals surface area contributed by atoms with Crippen LogP contribution in [0, 0.1) is 6.92 Å². The molecule has 3 N–H and O–H groups in total. The number of ether oxygens (including phenoxy) is 1. The summed E-state index contributed by atoms with van der Waals surface area (Å²) in [5, 5.41) is 33.9. The van der Waals surface area contributed by atoms with Gasteiger partial charge < -0.3 is 20.3 Å². The van der Waals surface area contributed by atoms with E-state index in [0.29, 0.717) is 40.2 Å². The van der Waals surface area contributed by atoms with Crippen molar-refractivity contribution >= 4 is 33.7 Å². The highest BCUT2D eigenvalue weighted by Gasteiger charge is 2.19. The number of aromatic hydroxyl groups is 2. The lowest BCUT2D eigenvalue weighted by atomic mass is 10.0. The first kappa shape index (κ1) is 33.5. The number of unbranched alkanes of at least 4 members (excludes halogenated alkanes) is 11. The molecular weight excluding hydrogens is 562 g/mol. The number of hydrogen-bond acceptors (Lipinski definition) is 6. The molecule has 0 saturated carbocycles. The van der Waals surface area contributed by atoms with Crippen molar-refractivity contribution in [3.05, 3.63) is 83.9 Å². The van der Waals surface area contributed by atoms with Crippen molar-refractivity contribution in [3.8, 4) is 17.2 Å². The van der Waals surface area contributed by atoms with E-state index in [2.05, 4.69) is 22.5 Å². The maximum atomic E-state index is 13.5. The number of amides is 1. The van der Waals surface area contributed by atoms with Crippen LogP contribution < -0.4 is 10.1 Å². The van der Waals surface area contributed by atoms with E-state index in [4.69, 9.17) is 4.74 Å². The molecule has 7 nitrogen and oxygen atoms in total. The molecule has 0 aliphatic carbocycles. The van der Waals surface area contributed by atoms with E-state index in [0.717, 1.165) is 18.4 Å². The topological polar surface area (TPSA) is 104 Å². The number of hydrogen-bond donors (Lipinski definition) is 3. The van der Waals surface area contributed by atoms with E-state index in [1.807, 2.05) is 31.2 Å². The van der Waals surface area contributed by atoms with Crippen LogP contribution in [0.1, 0.15) is 99.9 Å². The average molecular weight is 610 g/mol. The SMILES string of the molecule is CCCCCCCCCCCCCCOc1ccccc1NC(=O)c1cc(/N=N/c2cc(C)ccc2O)c2ccccc2c1O. The second-order valence-electron chi connectivity index (χ2n) is 11.7. The molecule has 0 aliphatic heterocycles. The van der Waals surface area contributed by atoms with Crippen LogP contribution in [0.5, 0.6) is 17.2 Å². The van der Waals surface area contributed by atoms with Crippen LogP contribution in [-0.4, -0.2) is 22.7 Å². The minimum atomic E-state index is -0.491. The van der Waals surface area contributed by atoms with E-state index in [9.17, 15) is 15.0 Å². The predicted octanol–water partition coefficient (Wildman–Crippen LogP) is 11.3. The van der Waals surface area contributed by atoms with Crippen LogP contribution in [0.25, 0.3) is 10.8 Å². The summed E-state index contributed by atoms with van der Waals surface area (Å²) < 4.78 is 6.06. The molecule has 1 amide bonds. The Morgan fingerprint density at radius 1 is 0.711 bits per heavy atom. The van der Waals surface area contributed by atoms with Crippen molar-refractivity contribution in [2.45, 2.75) is 90.9 Å². The zero-order valence-corrected chi connectivity index (χ0v) is 26.7. The van der Waals surface area contributed by atoms with Gasteiger partial charge >= 0.3 is 0 Å². The van der Waals surface area contributed by atoms with Gasteiger partial charge in [0.15, 0.2) is 0 Å². The second kappa shape index (κ2) is 17.8. The van der Waals surface area contributed by atoms with Gasteiger partial charge in [-0.15, -0.1) is 10.2 Å². The van der Waals surface area contributed by atoms with Crippen molar-refractivity contribution in [2.24, 2.45) is 10.2 Å². The van der Waals surface area contributed by atoms with Gasteiger partial charge in [0.1, 0.15) is 22.9 Å². The molecule has 238 valence electrons. The van der Waals surface area contributed by atoms with Crippen LogP contribution >= 0.6 is 0 Å². The van der Waals surface area contributed by atoms with Crippen LogP contribution in [0.3, 0.4) is 0 Å². The molecule has 0 spiro atoms. The minimum Gasteiger partial charge on any atom is -0.506 e. The lowest BCUT2D eigenvalue weighted by molar-refractivity contribution is 0.102. The summed E-state index contributed by atoms with van der Waals surface area (Å²) in [6.45, 7) is 4.73. The number of nitrogens with one attached hydrogen (secondary N) is 1. The fourth-order valence-electron chi connectivity index (χ4n) is 5.43. The summed E-state index contributed by atoms with van der Waals surface area (Å²) in [5.74, 6) is -0.0422. The van der Waals surface area contributed by atoms with Gasteiger partial charge in [-0.1, -0.05) is 120 Å². The Morgan fingerprint density at radius 3 is 2.02 bits per heavy atom. The van der Waals surface area contributed by atoms with Gasteiger partial charge in [0.2, 0.25) is 0 Å². The van der Waals surface area contributed by atoms with Gasteiger partial charge in [0.05, 0.1) is 23.5 Å². The van der Waals surface area contributed by atoms with E-state index >= 15 is 0 Å². The van der Waals surface area contributed by atoms with Gasteiger partial charge in [-0.3, -0.25) is 4.79 Å². The second-order valence-corrected chi connectivity index (χ2v) is 11.7. The molecule has 7 heteroatoms. The van der Waals surface area contributed by atoms with Gasteiger partial charge in [0, 0.05) is 10.8 Å². The largest absolute Gasteiger partial charge is 0.506 e. The monoisotopic (exact) mass is 609 g/mol. The average Bonchev–Trinajstić information content (AvgIpc) is 3.05. The molecule has 0 heterocycles. The van der Waals surface area contributed by atoms with Crippen LogP contribution in [0.15, 0.2) is 83.0 Å². The molecule has 4 aromatic carbocycles. The summed E-state index contributed by atoms with van der Waals surface area (Å²) in [4.78, 5) is 13.5. The Labute approximate surface area is 267 Å². The van der Waals surface area contributed by atoms with Gasteiger partial charge in [-0.05, 0) is 49.2 Å². The third-order valence-corrected chi connectivity index (χ3v) is 8.03. The maximum Gasteiger partial charge on any atom is 0.259 e. The fourth-order valence-corrected chi connectivity index (χ4v) is 5.43. The standard InChI is InChI=1S/C38H47N3O4/c1-3-4-5-6-7-8-9-10-11-12-13-18-25-45-36-22-17-16-21-32(36)39-38(44)31-27-33(29-19-14-15-20-30(29)37(31)43)40-41-34-26-28(2)23-24-35(34)42/h14-17,19-24,26-27,42-43H,3-13,18,25H2,1-2H3,(H,39,44)/b41-40+. The van der Waals surface area contributed by atoms with E-state index in [1.54, 1.807) is 42.5 Å². The van der Waals surface area contributed by atoms with E-state index in [-0.39, 0.29) is 17.1 Å². The molecule has 0 bridgehead atoms. The van der Waals surface area contributed by atoms with Gasteiger partial charge in [-0.2, -0.15) is 0 Å². The van der Waals surface area contributed by atoms with Crippen molar-refractivity contribution in [1.82, 2.24) is 0 Å². The number of phenols is 2. The number of benzene rings is 4. The molecule has 0 atom stereocenters. The Kier molecular flexibility index (Phi) is 13.2. The number of nitrogens with zero attached hydrogens (tertiary/aromatic N) is 2. The third kappa shape index (κ3) is 10.1. The summed E-state index contributed by atoms with van der Waals surface area (Å²) in [7, 11) is 0. The summed E-state index contributed by atoms with van der Waals surface area (Å²) in [6, 6.07) is 21.1. The Hall–Kier alpha value is -4.39. The van der Waals surface area contributed by atoms with Crippen LogP contribution in [-0.2, 0) is 0 Å². The highest BCUT2D eigenvalue weighted by atomic mass is 16.5. The minimum absolute atomic E-state index is 0.00510. The Morgan fingerprint density at radius 2 is 1.31 bits per heavy atom. The molecule has 4 aromatic rings. The molecule has 0 unspecified atom stereocenters. The van der Waals surface area contributed by atoms with Crippen molar-refractivity contribution in [1.29, 1.82) is 0 Å². The third-order valence-electron chi connectivity index (χ3n) is 8.03. The first-order valence-corrected chi connectivity index (χ1v) is 16.5. The Balaban J connectivity index is 1.34. The normalized spacial score (nSPS) is 11.3. The zero-order valence-electron chi connectivity index (χ0n) is 26.7. The van der Waals surface area contributed by atoms with Gasteiger partial charge in [-0.25, -0.2) is 0 Å². The van der Waals surface area contributed by atoms with Crippen LogP contribution in [0.4, 0.5) is 17.1 Å². The number of phenolic OH excluding ortho intramolecular Hbond substituents is 2. The van der Waals surface area contributed by atoms with Crippen molar-refractivity contribution < 1.29 is 19.7 Å². The number of fused-ring (bicyclic) bond motifs is 1. The molecule has 0 saturated heterocycles. The zero-order chi connectivity index (χ0) is 31.9. The van der Waals surface area contributed by atoms with Gasteiger partial charge in [0.25, 0.3) is 5.91 Å². The fraction of sp³-hybridized carbons (Fsp3) is 0.395. The summed E-state index contributed by atoms with van der Waals surface area (Å²) >= 11 is 0. The number of aryl methyl sites for hydroxylation is 1. The number of azo groups is 1. The number of carbonyl (C=O) groups excluding carboxylic acids is 1. The number of carbonyl (C=O) groups is 1. The highest BCUT2D eigenvalue weighted by Crippen LogP contribution is 2.38. The van der Waals surface area contributed by atoms with E-state index in [1.165, 1.54) is 70.3 Å². The molecule has 0 radical (unpaired) electrons. The van der Waals surface area contributed by atoms with Crippen LogP contribution in [0.2, 0.25) is 0 Å². The molecule has 0 fully saturated rings. The first-order valence-electron chi connectivity index (χ1n) is 16.5. The lowest BCUT2D eigenvalue weighted by Crippen LogP contribution is -2.13. The van der Waals surface area contributed by atoms with Crippen molar-refractivity contribution in [3.63, 3.8) is 0 Å². The highest BCUT2D eigenvalue weighted by molar-refractivity contribution is 6.12. The number of para-hydroxylation sites is 2. The molecular formula is C38H47N3O4. The lowest BCUT2D eigenvalue weighted by Gasteiger charge is -2.14. The first-order chi connectivity index (χ1) is 22.0. The predicted molar refractivity (Wildman–Crippen MR) is 184 cm³/mol. The van der Waals surface area contributed by atoms with E-state index < -0.39 is 5.91 Å². The summed E-state index contributed by atoms with van der Waals surface area (Å²) in [6.07, 6.45) is 15.4. The Bertz CT molecular complexity index is 1570. The molecule has 45 heavy (non-hydrogen) atoms. The molecule has 4 rings (SSSR count). The number of rotatable bonds is 18. The smallest absolute Gasteiger partial charge is 0.259 e. The quantitative estimate of drug-likeness (QED) is 0.0771. The summed E-state index contributed by atoms with van der Waals surface area (Å²) in [5.41, 5.74) is 2.23. The van der Waals surface area contributed by atoms with Crippen molar-refractivity contribution in [2.75, 3.05) is 11.9 Å². The number of anilines is 1. The maximum absolute atomic E-state index is 13.5.